The van der Waals surface area contributed by atoms with Crippen LogP contribution in [0.5, 0.6) is 5.75 Å². The van der Waals surface area contributed by atoms with Crippen LogP contribution >= 0.6 is 0 Å². The van der Waals surface area contributed by atoms with E-state index < -0.39 is 5.82 Å². The van der Waals surface area contributed by atoms with Crippen LogP contribution in [0.4, 0.5) is 15.8 Å². The third kappa shape index (κ3) is 3.85. The van der Waals surface area contributed by atoms with Crippen molar-refractivity contribution in [1.82, 2.24) is 0 Å². The van der Waals surface area contributed by atoms with E-state index in [4.69, 9.17) is 4.74 Å². The van der Waals surface area contributed by atoms with Crippen molar-refractivity contribution >= 4 is 23.2 Å². The minimum atomic E-state index is -0.417. The first kappa shape index (κ1) is 15.0. The zero-order valence-electron chi connectivity index (χ0n) is 12.3. The number of carbonyl (C=O) groups is 2. The highest BCUT2D eigenvalue weighted by molar-refractivity contribution is 5.96. The number of aryl methyl sites for hydroxylation is 1. The van der Waals surface area contributed by atoms with E-state index in [-0.39, 0.29) is 18.4 Å². The minimum Gasteiger partial charge on any atom is -0.484 e. The summed E-state index contributed by atoms with van der Waals surface area (Å²) in [5, 5.41) is 5.50. The predicted octanol–water partition coefficient (Wildman–Crippen LogP) is 2.73. The van der Waals surface area contributed by atoms with Gasteiger partial charge in [0.2, 0.25) is 5.91 Å². The van der Waals surface area contributed by atoms with Crippen molar-refractivity contribution in [2.24, 2.45) is 0 Å². The zero-order chi connectivity index (χ0) is 16.2. The van der Waals surface area contributed by atoms with Gasteiger partial charge in [0, 0.05) is 23.9 Å². The number of anilines is 2. The van der Waals surface area contributed by atoms with Crippen molar-refractivity contribution in [2.45, 2.75) is 12.8 Å². The number of benzene rings is 2. The monoisotopic (exact) mass is 314 g/mol. The molecule has 3 rings (SSSR count). The lowest BCUT2D eigenvalue weighted by Gasteiger charge is -2.17. The van der Waals surface area contributed by atoms with Gasteiger partial charge in [-0.2, -0.15) is 0 Å². The number of carbonyl (C=O) groups excluding carboxylic acids is 2. The van der Waals surface area contributed by atoms with Crippen LogP contribution in [-0.2, 0) is 16.0 Å². The van der Waals surface area contributed by atoms with E-state index in [1.54, 1.807) is 18.2 Å². The van der Waals surface area contributed by atoms with E-state index in [2.05, 4.69) is 10.6 Å². The van der Waals surface area contributed by atoms with Gasteiger partial charge in [-0.3, -0.25) is 9.59 Å². The first-order valence-corrected chi connectivity index (χ1v) is 7.21. The summed E-state index contributed by atoms with van der Waals surface area (Å²) in [4.78, 5) is 23.2. The van der Waals surface area contributed by atoms with Crippen LogP contribution in [0.3, 0.4) is 0 Å². The van der Waals surface area contributed by atoms with Crippen molar-refractivity contribution in [3.05, 3.63) is 53.8 Å². The molecule has 0 saturated heterocycles. The van der Waals surface area contributed by atoms with E-state index in [0.29, 0.717) is 24.3 Å². The fourth-order valence-corrected chi connectivity index (χ4v) is 2.36. The second-order valence-electron chi connectivity index (χ2n) is 5.21. The molecule has 0 bridgehead atoms. The molecule has 6 heteroatoms. The summed E-state index contributed by atoms with van der Waals surface area (Å²) < 4.78 is 18.3. The van der Waals surface area contributed by atoms with Gasteiger partial charge in [-0.15, -0.1) is 0 Å². The molecule has 2 aromatic carbocycles. The Morgan fingerprint density at radius 3 is 2.91 bits per heavy atom. The normalized spacial score (nSPS) is 13.0. The lowest BCUT2D eigenvalue weighted by Crippen LogP contribution is -2.21. The summed E-state index contributed by atoms with van der Waals surface area (Å²) in [6, 6.07) is 10.9. The summed E-state index contributed by atoms with van der Waals surface area (Å²) in [6.07, 6.45) is 1.08. The molecule has 0 aliphatic carbocycles. The van der Waals surface area contributed by atoms with E-state index in [9.17, 15) is 14.0 Å². The summed E-state index contributed by atoms with van der Waals surface area (Å²) in [5.41, 5.74) is 2.39. The van der Waals surface area contributed by atoms with Gasteiger partial charge in [-0.1, -0.05) is 6.07 Å². The highest BCUT2D eigenvalue weighted by atomic mass is 19.1. The van der Waals surface area contributed by atoms with Crippen molar-refractivity contribution in [2.75, 3.05) is 17.2 Å². The first-order valence-electron chi connectivity index (χ1n) is 7.21. The maximum absolute atomic E-state index is 13.0. The fourth-order valence-electron chi connectivity index (χ4n) is 2.36. The number of hydrogen-bond acceptors (Lipinski definition) is 3. The van der Waals surface area contributed by atoms with Gasteiger partial charge in [0.15, 0.2) is 6.61 Å². The molecule has 0 aromatic heterocycles. The largest absolute Gasteiger partial charge is 0.484 e. The molecule has 0 unspecified atom stereocenters. The zero-order valence-corrected chi connectivity index (χ0v) is 12.3. The Kier molecular flexibility index (Phi) is 4.23. The van der Waals surface area contributed by atoms with Crippen LogP contribution in [0.25, 0.3) is 0 Å². The number of hydrogen-bond donors (Lipinski definition) is 2. The van der Waals surface area contributed by atoms with Crippen molar-refractivity contribution in [3.63, 3.8) is 0 Å². The molecule has 1 aliphatic rings. The first-order chi connectivity index (χ1) is 11.1. The van der Waals surface area contributed by atoms with Gasteiger partial charge < -0.3 is 15.4 Å². The van der Waals surface area contributed by atoms with Crippen LogP contribution in [0, 0.1) is 5.82 Å². The molecule has 1 aliphatic heterocycles. The molecular weight excluding hydrogens is 299 g/mol. The molecule has 0 fully saturated rings. The van der Waals surface area contributed by atoms with Crippen LogP contribution in [0.15, 0.2) is 42.5 Å². The molecule has 2 N–H and O–H groups in total. The van der Waals surface area contributed by atoms with E-state index in [1.165, 1.54) is 18.2 Å². The lowest BCUT2D eigenvalue weighted by atomic mass is 10.0. The van der Waals surface area contributed by atoms with Crippen LogP contribution < -0.4 is 15.4 Å². The Bertz CT molecular complexity index is 761. The van der Waals surface area contributed by atoms with Crippen molar-refractivity contribution < 1.29 is 18.7 Å². The lowest BCUT2D eigenvalue weighted by molar-refractivity contribution is -0.118. The quantitative estimate of drug-likeness (QED) is 0.912. The van der Waals surface area contributed by atoms with Gasteiger partial charge in [0.05, 0.1) is 0 Å². The van der Waals surface area contributed by atoms with E-state index >= 15 is 0 Å². The number of halogens is 1. The molecule has 1 heterocycles. The van der Waals surface area contributed by atoms with Gasteiger partial charge in [-0.25, -0.2) is 4.39 Å². The highest BCUT2D eigenvalue weighted by Gasteiger charge is 2.15. The third-order valence-corrected chi connectivity index (χ3v) is 3.45. The third-order valence-electron chi connectivity index (χ3n) is 3.45. The van der Waals surface area contributed by atoms with E-state index in [0.717, 1.165) is 11.3 Å². The van der Waals surface area contributed by atoms with E-state index in [1.807, 2.05) is 6.07 Å². The summed E-state index contributed by atoms with van der Waals surface area (Å²) in [5.74, 6) is -0.459. The number of amides is 2. The summed E-state index contributed by atoms with van der Waals surface area (Å²) >= 11 is 0. The van der Waals surface area contributed by atoms with Crippen LogP contribution in [0.1, 0.15) is 12.0 Å². The summed E-state index contributed by atoms with van der Waals surface area (Å²) in [6.45, 7) is -0.211. The number of fused-ring (bicyclic) bond motifs is 1. The number of nitrogens with one attached hydrogen (secondary N) is 2. The summed E-state index contributed by atoms with van der Waals surface area (Å²) in [7, 11) is 0. The van der Waals surface area contributed by atoms with Gasteiger partial charge in [-0.05, 0) is 42.3 Å². The Labute approximate surface area is 132 Å². The second-order valence-corrected chi connectivity index (χ2v) is 5.21. The minimum absolute atomic E-state index is 0.00206. The Morgan fingerprint density at radius 2 is 2.09 bits per heavy atom. The van der Waals surface area contributed by atoms with Crippen LogP contribution in [0.2, 0.25) is 0 Å². The standard InChI is InChI=1S/C17H15FN2O3/c18-12-2-1-3-14(9-12)23-10-17(22)19-13-5-6-15-11(8-13)4-7-16(21)20-15/h1-3,5-6,8-9H,4,7,10H2,(H,19,22)(H,20,21). The molecule has 5 nitrogen and oxygen atoms in total. The number of rotatable bonds is 4. The van der Waals surface area contributed by atoms with Crippen molar-refractivity contribution in [1.29, 1.82) is 0 Å². The SMILES string of the molecule is O=C(COc1cccc(F)c1)Nc1ccc2c(c1)CCC(=O)N2. The smallest absolute Gasteiger partial charge is 0.262 e. The van der Waals surface area contributed by atoms with Crippen molar-refractivity contribution in [3.8, 4) is 5.75 Å². The van der Waals surface area contributed by atoms with Gasteiger partial charge in [0.25, 0.3) is 5.91 Å². The Balaban J connectivity index is 1.59. The number of ether oxygens (including phenoxy) is 1. The van der Waals surface area contributed by atoms with Gasteiger partial charge >= 0.3 is 0 Å². The van der Waals surface area contributed by atoms with Gasteiger partial charge in [0.1, 0.15) is 11.6 Å². The maximum atomic E-state index is 13.0. The average Bonchev–Trinajstić information content (AvgIpc) is 2.53. The second kappa shape index (κ2) is 6.48. The molecule has 0 atom stereocenters. The molecule has 2 aromatic rings. The molecule has 118 valence electrons. The molecular formula is C17H15FN2O3. The fraction of sp³-hybridized carbons (Fsp3) is 0.176. The molecule has 0 radical (unpaired) electrons. The topological polar surface area (TPSA) is 67.4 Å². The average molecular weight is 314 g/mol. The molecule has 0 spiro atoms. The Morgan fingerprint density at radius 1 is 1.22 bits per heavy atom. The Hall–Kier alpha value is -2.89. The molecule has 2 amide bonds. The molecule has 23 heavy (non-hydrogen) atoms. The highest BCUT2D eigenvalue weighted by Crippen LogP contribution is 2.25. The predicted molar refractivity (Wildman–Crippen MR) is 83.9 cm³/mol. The van der Waals surface area contributed by atoms with Crippen LogP contribution in [-0.4, -0.2) is 18.4 Å². The maximum Gasteiger partial charge on any atom is 0.262 e. The molecule has 0 saturated carbocycles.